The summed E-state index contributed by atoms with van der Waals surface area (Å²) in [5.74, 6) is -1.47. The lowest BCUT2D eigenvalue weighted by Crippen LogP contribution is -2.45. The van der Waals surface area contributed by atoms with Crippen LogP contribution >= 0.6 is 0 Å². The summed E-state index contributed by atoms with van der Waals surface area (Å²) in [5, 5.41) is 14.5. The average molecular weight is 299 g/mol. The summed E-state index contributed by atoms with van der Waals surface area (Å²) >= 11 is 0. The van der Waals surface area contributed by atoms with Crippen LogP contribution in [0.1, 0.15) is 33.1 Å². The number of carbonyl (C=O) groups is 3. The van der Waals surface area contributed by atoms with E-state index in [0.717, 1.165) is 12.8 Å². The van der Waals surface area contributed by atoms with Gasteiger partial charge in [0.1, 0.15) is 6.54 Å². The van der Waals surface area contributed by atoms with E-state index >= 15 is 0 Å². The molecule has 3 N–H and O–H groups in total. The lowest BCUT2D eigenvalue weighted by molar-refractivity contribution is -0.142. The zero-order valence-corrected chi connectivity index (χ0v) is 12.9. The fourth-order valence-corrected chi connectivity index (χ4v) is 1.97. The van der Waals surface area contributed by atoms with Crippen molar-refractivity contribution >= 4 is 17.9 Å². The van der Waals surface area contributed by atoms with Gasteiger partial charge in [-0.1, -0.05) is 13.8 Å². The van der Waals surface area contributed by atoms with Gasteiger partial charge in [0.2, 0.25) is 5.91 Å². The molecule has 21 heavy (non-hydrogen) atoms. The zero-order valence-electron chi connectivity index (χ0n) is 12.9. The van der Waals surface area contributed by atoms with Gasteiger partial charge in [-0.15, -0.1) is 0 Å². The van der Waals surface area contributed by atoms with Crippen molar-refractivity contribution in [3.8, 4) is 0 Å². The largest absolute Gasteiger partial charge is 0.481 e. The van der Waals surface area contributed by atoms with Crippen molar-refractivity contribution in [3.05, 3.63) is 0 Å². The number of likely N-dealkylation sites (N-methyl/N-ethyl adjacent to an activating group) is 1. The minimum atomic E-state index is -0.918. The molecule has 1 aliphatic rings. The van der Waals surface area contributed by atoms with E-state index in [1.165, 1.54) is 11.9 Å². The van der Waals surface area contributed by atoms with E-state index in [1.807, 2.05) is 13.8 Å². The third-order valence-electron chi connectivity index (χ3n) is 3.27. The standard InChI is InChI=1S/C14H25N3O4/c1-9(2)6-10(13(19)20)7-15-14(21)17(3)8-12(18)16-11-4-5-11/h9-11H,4-8H2,1-3H3,(H,15,21)(H,16,18)(H,19,20). The number of amides is 3. The molecule has 0 spiro atoms. The van der Waals surface area contributed by atoms with Crippen LogP contribution in [0.3, 0.4) is 0 Å². The molecular formula is C14H25N3O4. The van der Waals surface area contributed by atoms with Gasteiger partial charge >= 0.3 is 12.0 Å². The molecule has 0 heterocycles. The van der Waals surface area contributed by atoms with Crippen LogP contribution in [-0.2, 0) is 9.59 Å². The molecule has 1 saturated carbocycles. The molecule has 0 bridgehead atoms. The van der Waals surface area contributed by atoms with Crippen molar-refractivity contribution in [2.45, 2.75) is 39.2 Å². The van der Waals surface area contributed by atoms with Gasteiger partial charge in [-0.3, -0.25) is 9.59 Å². The Morgan fingerprint density at radius 2 is 1.90 bits per heavy atom. The van der Waals surface area contributed by atoms with Gasteiger partial charge in [0.05, 0.1) is 5.92 Å². The van der Waals surface area contributed by atoms with Crippen molar-refractivity contribution < 1.29 is 19.5 Å². The quantitative estimate of drug-likeness (QED) is 0.613. The molecule has 7 heteroatoms. The molecule has 3 amide bonds. The topological polar surface area (TPSA) is 98.7 Å². The number of nitrogens with one attached hydrogen (secondary N) is 2. The normalized spacial score (nSPS) is 15.4. The van der Waals surface area contributed by atoms with Gasteiger partial charge in [0.25, 0.3) is 0 Å². The molecule has 0 aromatic carbocycles. The van der Waals surface area contributed by atoms with E-state index in [2.05, 4.69) is 10.6 Å². The highest BCUT2D eigenvalue weighted by Gasteiger charge is 2.25. The number of carboxylic acid groups (broad SMARTS) is 1. The molecule has 1 fully saturated rings. The van der Waals surface area contributed by atoms with Crippen molar-refractivity contribution in [1.29, 1.82) is 0 Å². The summed E-state index contributed by atoms with van der Waals surface area (Å²) in [6.45, 7) is 3.92. The molecule has 0 aromatic rings. The number of nitrogens with zero attached hydrogens (tertiary/aromatic N) is 1. The van der Waals surface area contributed by atoms with E-state index < -0.39 is 17.9 Å². The molecule has 1 unspecified atom stereocenters. The maximum atomic E-state index is 11.8. The van der Waals surface area contributed by atoms with Crippen LogP contribution in [0, 0.1) is 11.8 Å². The lowest BCUT2D eigenvalue weighted by Gasteiger charge is -2.20. The van der Waals surface area contributed by atoms with E-state index in [1.54, 1.807) is 0 Å². The average Bonchev–Trinajstić information content (AvgIpc) is 3.16. The van der Waals surface area contributed by atoms with Crippen LogP contribution in [0.5, 0.6) is 0 Å². The maximum absolute atomic E-state index is 11.8. The fourth-order valence-electron chi connectivity index (χ4n) is 1.97. The van der Waals surface area contributed by atoms with Crippen LogP contribution in [-0.4, -0.2) is 54.1 Å². The van der Waals surface area contributed by atoms with Gasteiger partial charge in [0.15, 0.2) is 0 Å². The first-order valence-corrected chi connectivity index (χ1v) is 7.30. The Balaban J connectivity index is 2.32. The molecule has 0 aliphatic heterocycles. The summed E-state index contributed by atoms with van der Waals surface area (Å²) in [4.78, 5) is 35.8. The number of hydrogen-bond acceptors (Lipinski definition) is 3. The summed E-state index contributed by atoms with van der Waals surface area (Å²) in [7, 11) is 1.51. The summed E-state index contributed by atoms with van der Waals surface area (Å²) in [5.41, 5.74) is 0. The number of carboxylic acids is 1. The first-order chi connectivity index (χ1) is 9.79. The number of hydrogen-bond donors (Lipinski definition) is 3. The van der Waals surface area contributed by atoms with Gasteiger partial charge in [-0.05, 0) is 25.2 Å². The van der Waals surface area contributed by atoms with E-state index in [-0.39, 0.29) is 31.0 Å². The molecule has 120 valence electrons. The number of carbonyl (C=O) groups excluding carboxylic acids is 2. The van der Waals surface area contributed by atoms with Crippen molar-refractivity contribution in [3.63, 3.8) is 0 Å². The highest BCUT2D eigenvalue weighted by Crippen LogP contribution is 2.18. The van der Waals surface area contributed by atoms with Gasteiger partial charge in [-0.2, -0.15) is 0 Å². The lowest BCUT2D eigenvalue weighted by atomic mass is 9.97. The second-order valence-corrected chi connectivity index (χ2v) is 6.05. The summed E-state index contributed by atoms with van der Waals surface area (Å²) < 4.78 is 0. The van der Waals surface area contributed by atoms with Crippen LogP contribution in [0.2, 0.25) is 0 Å². The third-order valence-corrected chi connectivity index (χ3v) is 3.27. The third kappa shape index (κ3) is 6.97. The maximum Gasteiger partial charge on any atom is 0.317 e. The Hall–Kier alpha value is -1.79. The summed E-state index contributed by atoms with van der Waals surface area (Å²) in [6, 6.07) is -0.174. The number of aliphatic carboxylic acids is 1. The Kier molecular flexibility index (Phi) is 6.45. The number of rotatable bonds is 8. The first kappa shape index (κ1) is 17.3. The van der Waals surface area contributed by atoms with E-state index in [4.69, 9.17) is 5.11 Å². The molecule has 1 atom stereocenters. The molecule has 7 nitrogen and oxygen atoms in total. The molecular weight excluding hydrogens is 274 g/mol. The highest BCUT2D eigenvalue weighted by molar-refractivity contribution is 5.84. The predicted molar refractivity (Wildman–Crippen MR) is 77.8 cm³/mol. The molecule has 1 aliphatic carbocycles. The Morgan fingerprint density at radius 3 is 2.38 bits per heavy atom. The summed E-state index contributed by atoms with van der Waals surface area (Å²) in [6.07, 6.45) is 2.50. The minimum absolute atomic E-state index is 0.0236. The minimum Gasteiger partial charge on any atom is -0.481 e. The van der Waals surface area contributed by atoms with Gasteiger partial charge < -0.3 is 20.6 Å². The van der Waals surface area contributed by atoms with Crippen LogP contribution in [0.25, 0.3) is 0 Å². The van der Waals surface area contributed by atoms with Crippen LogP contribution < -0.4 is 10.6 Å². The van der Waals surface area contributed by atoms with Crippen LogP contribution in [0.15, 0.2) is 0 Å². The van der Waals surface area contributed by atoms with E-state index in [9.17, 15) is 14.4 Å². The Bertz CT molecular complexity index is 394. The predicted octanol–water partition coefficient (Wildman–Crippen LogP) is 0.653. The number of urea groups is 1. The van der Waals surface area contributed by atoms with E-state index in [0.29, 0.717) is 6.42 Å². The van der Waals surface area contributed by atoms with Crippen LogP contribution in [0.4, 0.5) is 4.79 Å². The molecule has 0 aromatic heterocycles. The Morgan fingerprint density at radius 1 is 1.29 bits per heavy atom. The first-order valence-electron chi connectivity index (χ1n) is 7.30. The smallest absolute Gasteiger partial charge is 0.317 e. The Labute approximate surface area is 125 Å². The fraction of sp³-hybridized carbons (Fsp3) is 0.786. The van der Waals surface area contributed by atoms with Gasteiger partial charge in [0, 0.05) is 19.6 Å². The van der Waals surface area contributed by atoms with Crippen molar-refractivity contribution in [2.24, 2.45) is 11.8 Å². The van der Waals surface area contributed by atoms with Crippen molar-refractivity contribution in [2.75, 3.05) is 20.1 Å². The molecule has 1 rings (SSSR count). The monoisotopic (exact) mass is 299 g/mol. The SMILES string of the molecule is CC(C)CC(CNC(=O)N(C)CC(=O)NC1CC1)C(=O)O. The second kappa shape index (κ2) is 7.85. The molecule has 0 saturated heterocycles. The second-order valence-electron chi connectivity index (χ2n) is 6.05. The van der Waals surface area contributed by atoms with Crippen molar-refractivity contribution in [1.82, 2.24) is 15.5 Å². The zero-order chi connectivity index (χ0) is 16.0. The molecule has 0 radical (unpaired) electrons. The highest BCUT2D eigenvalue weighted by atomic mass is 16.4. The van der Waals surface area contributed by atoms with Gasteiger partial charge in [-0.25, -0.2) is 4.79 Å².